The molecule has 22 heavy (non-hydrogen) atoms. The van der Waals surface area contributed by atoms with Gasteiger partial charge < -0.3 is 20.4 Å². The number of aliphatic hydroxyl groups is 4. The van der Waals surface area contributed by atoms with Gasteiger partial charge in [-0.25, -0.2) is 0 Å². The number of hydrogen-bond acceptors (Lipinski definition) is 4. The molecule has 1 saturated carbocycles. The van der Waals surface area contributed by atoms with E-state index in [0.29, 0.717) is 38.3 Å². The summed E-state index contributed by atoms with van der Waals surface area (Å²) in [6.07, 6.45) is 13.7. The highest BCUT2D eigenvalue weighted by Gasteiger charge is 2.19. The van der Waals surface area contributed by atoms with Crippen LogP contribution >= 0.6 is 0 Å². The zero-order valence-electron chi connectivity index (χ0n) is 14.3. The van der Waals surface area contributed by atoms with Crippen molar-refractivity contribution in [1.82, 2.24) is 0 Å². The Labute approximate surface area is 136 Å². The number of rotatable bonds is 11. The highest BCUT2D eigenvalue weighted by atomic mass is 16.3. The van der Waals surface area contributed by atoms with Gasteiger partial charge in [0.25, 0.3) is 0 Å². The third-order valence-corrected chi connectivity index (χ3v) is 4.55. The van der Waals surface area contributed by atoms with Gasteiger partial charge in [-0.15, -0.1) is 0 Å². The van der Waals surface area contributed by atoms with Gasteiger partial charge in [-0.3, -0.25) is 0 Å². The smallest absolute Gasteiger partial charge is 0.0459 e. The third kappa shape index (κ3) is 13.5. The van der Waals surface area contributed by atoms with E-state index in [0.717, 1.165) is 51.4 Å². The molecule has 1 aliphatic rings. The lowest BCUT2D eigenvalue weighted by molar-refractivity contribution is 0.131. The van der Waals surface area contributed by atoms with Gasteiger partial charge in [0.2, 0.25) is 0 Å². The molecule has 0 aromatic heterocycles. The molecule has 4 N–H and O–H groups in total. The summed E-state index contributed by atoms with van der Waals surface area (Å²) in [7, 11) is 0. The molecular weight excluding hydrogens is 280 g/mol. The second kappa shape index (κ2) is 17.2. The van der Waals surface area contributed by atoms with E-state index in [1.165, 1.54) is 25.7 Å². The van der Waals surface area contributed by atoms with Crippen molar-refractivity contribution in [2.45, 2.75) is 77.0 Å². The summed E-state index contributed by atoms with van der Waals surface area (Å²) < 4.78 is 0. The molecule has 4 nitrogen and oxygen atoms in total. The zero-order chi connectivity index (χ0) is 16.5. The molecule has 1 rings (SSSR count). The third-order valence-electron chi connectivity index (χ3n) is 4.55. The fourth-order valence-corrected chi connectivity index (χ4v) is 2.88. The molecule has 0 spiro atoms. The summed E-state index contributed by atoms with van der Waals surface area (Å²) in [6, 6.07) is 0. The molecule has 0 atom stereocenters. The molecule has 0 heterocycles. The van der Waals surface area contributed by atoms with Gasteiger partial charge in [-0.1, -0.05) is 38.5 Å². The molecule has 0 radical (unpaired) electrons. The van der Waals surface area contributed by atoms with Crippen LogP contribution in [0.15, 0.2) is 0 Å². The molecule has 134 valence electrons. The van der Waals surface area contributed by atoms with Crippen LogP contribution in [0.4, 0.5) is 0 Å². The van der Waals surface area contributed by atoms with Crippen molar-refractivity contribution >= 4 is 0 Å². The first-order valence-corrected chi connectivity index (χ1v) is 9.21. The summed E-state index contributed by atoms with van der Waals surface area (Å²) in [6.45, 7) is 1.34. The lowest BCUT2D eigenvalue weighted by atomic mass is 9.83. The topological polar surface area (TPSA) is 80.9 Å². The van der Waals surface area contributed by atoms with Crippen molar-refractivity contribution in [3.8, 4) is 0 Å². The first-order chi connectivity index (χ1) is 10.8. The fourth-order valence-electron chi connectivity index (χ4n) is 2.88. The van der Waals surface area contributed by atoms with Gasteiger partial charge in [-0.05, 0) is 50.4 Å². The van der Waals surface area contributed by atoms with Gasteiger partial charge in [0, 0.05) is 26.4 Å². The predicted molar refractivity (Wildman–Crippen MR) is 90.7 cm³/mol. The molecule has 0 aromatic rings. The van der Waals surface area contributed by atoms with Crippen molar-refractivity contribution in [3.63, 3.8) is 0 Å². The van der Waals surface area contributed by atoms with E-state index >= 15 is 0 Å². The number of hydrogen-bond donors (Lipinski definition) is 4. The number of unbranched alkanes of at least 4 members (excludes halogenated alkanes) is 7. The normalized spacial score (nSPS) is 21.3. The van der Waals surface area contributed by atoms with Crippen LogP contribution in [0.5, 0.6) is 0 Å². The molecule has 1 fully saturated rings. The van der Waals surface area contributed by atoms with E-state index in [2.05, 4.69) is 0 Å². The molecule has 1 aliphatic carbocycles. The largest absolute Gasteiger partial charge is 0.396 e. The minimum Gasteiger partial charge on any atom is -0.396 e. The SMILES string of the molecule is OCC1CCC(CO)CC1.OCCCCCCCCCCO. The number of aliphatic hydroxyl groups excluding tert-OH is 4. The Morgan fingerprint density at radius 3 is 0.955 bits per heavy atom. The van der Waals surface area contributed by atoms with Gasteiger partial charge in [-0.2, -0.15) is 0 Å². The maximum atomic E-state index is 8.79. The maximum absolute atomic E-state index is 8.79. The van der Waals surface area contributed by atoms with Crippen LogP contribution in [0.25, 0.3) is 0 Å². The molecular formula is C18H38O4. The quantitative estimate of drug-likeness (QED) is 0.442. The Balaban J connectivity index is 0.000000406. The second-order valence-electron chi connectivity index (χ2n) is 6.53. The first-order valence-electron chi connectivity index (χ1n) is 9.21. The van der Waals surface area contributed by atoms with Crippen molar-refractivity contribution in [2.24, 2.45) is 11.8 Å². The molecule has 4 heteroatoms. The van der Waals surface area contributed by atoms with E-state index in [4.69, 9.17) is 20.4 Å². The molecule has 0 unspecified atom stereocenters. The highest BCUT2D eigenvalue weighted by Crippen LogP contribution is 2.27. The van der Waals surface area contributed by atoms with E-state index in [1.54, 1.807) is 0 Å². The van der Waals surface area contributed by atoms with E-state index in [9.17, 15) is 0 Å². The Morgan fingerprint density at radius 1 is 0.455 bits per heavy atom. The zero-order valence-corrected chi connectivity index (χ0v) is 14.3. The Hall–Kier alpha value is -0.160. The minimum atomic E-state index is 0.331. The lowest BCUT2D eigenvalue weighted by Crippen LogP contribution is -2.19. The van der Waals surface area contributed by atoms with Gasteiger partial charge >= 0.3 is 0 Å². The van der Waals surface area contributed by atoms with Crippen molar-refractivity contribution in [1.29, 1.82) is 0 Å². The standard InChI is InChI=1S/C10H22O2.C8H16O2/c11-9-7-5-3-1-2-4-6-8-10-12;9-5-7-1-2-8(6-10)4-3-7/h11-12H,1-10H2;7-10H,1-6H2. The summed E-state index contributed by atoms with van der Waals surface area (Å²) in [5.74, 6) is 1.03. The molecule has 0 aromatic carbocycles. The van der Waals surface area contributed by atoms with Crippen molar-refractivity contribution in [3.05, 3.63) is 0 Å². The Kier molecular flexibility index (Phi) is 17.1. The summed E-state index contributed by atoms with van der Waals surface area (Å²) in [5.41, 5.74) is 0. The monoisotopic (exact) mass is 318 g/mol. The van der Waals surface area contributed by atoms with Crippen molar-refractivity contribution in [2.75, 3.05) is 26.4 Å². The highest BCUT2D eigenvalue weighted by molar-refractivity contribution is 4.70. The minimum absolute atomic E-state index is 0.331. The van der Waals surface area contributed by atoms with Crippen molar-refractivity contribution < 1.29 is 20.4 Å². The summed E-state index contributed by atoms with van der Waals surface area (Å²) in [5, 5.41) is 34.6. The summed E-state index contributed by atoms with van der Waals surface area (Å²) in [4.78, 5) is 0. The lowest BCUT2D eigenvalue weighted by Gasteiger charge is -2.25. The molecule has 0 aliphatic heterocycles. The van der Waals surface area contributed by atoms with E-state index in [1.807, 2.05) is 0 Å². The van der Waals surface area contributed by atoms with Crippen LogP contribution in [0, 0.1) is 11.8 Å². The molecule has 0 bridgehead atoms. The fraction of sp³-hybridized carbons (Fsp3) is 1.00. The average Bonchev–Trinajstić information content (AvgIpc) is 2.58. The second-order valence-corrected chi connectivity index (χ2v) is 6.53. The van der Waals surface area contributed by atoms with E-state index < -0.39 is 0 Å². The predicted octanol–water partition coefficient (Wildman–Crippen LogP) is 2.87. The maximum Gasteiger partial charge on any atom is 0.0459 e. The molecule has 0 saturated heterocycles. The van der Waals surface area contributed by atoms with Crippen LogP contribution in [-0.2, 0) is 0 Å². The van der Waals surface area contributed by atoms with Crippen LogP contribution in [-0.4, -0.2) is 46.9 Å². The van der Waals surface area contributed by atoms with Crippen LogP contribution in [0.1, 0.15) is 77.0 Å². The van der Waals surface area contributed by atoms with Gasteiger partial charge in [0.15, 0.2) is 0 Å². The van der Waals surface area contributed by atoms with E-state index in [-0.39, 0.29) is 0 Å². The Morgan fingerprint density at radius 2 is 0.727 bits per heavy atom. The van der Waals surface area contributed by atoms with Crippen LogP contribution in [0.2, 0.25) is 0 Å². The average molecular weight is 318 g/mol. The van der Waals surface area contributed by atoms with Gasteiger partial charge in [0.1, 0.15) is 0 Å². The Bertz CT molecular complexity index is 181. The first kappa shape index (κ1) is 21.8. The van der Waals surface area contributed by atoms with Gasteiger partial charge in [0.05, 0.1) is 0 Å². The van der Waals surface area contributed by atoms with Crippen LogP contribution < -0.4 is 0 Å². The summed E-state index contributed by atoms with van der Waals surface area (Å²) >= 11 is 0. The molecule has 0 amide bonds. The van der Waals surface area contributed by atoms with Crippen LogP contribution in [0.3, 0.4) is 0 Å².